The van der Waals surface area contributed by atoms with E-state index in [-0.39, 0.29) is 5.82 Å². The van der Waals surface area contributed by atoms with Gasteiger partial charge in [-0.1, -0.05) is 29.8 Å². The number of aromatic nitrogens is 1. The Labute approximate surface area is 163 Å². The molecule has 1 aromatic heterocycles. The van der Waals surface area contributed by atoms with E-state index in [0.717, 1.165) is 42.3 Å². The van der Waals surface area contributed by atoms with Crippen LogP contribution in [-0.2, 0) is 6.54 Å². The third kappa shape index (κ3) is 4.44. The highest BCUT2D eigenvalue weighted by Crippen LogP contribution is 2.25. The number of rotatable bonds is 4. The first-order valence-corrected chi connectivity index (χ1v) is 9.43. The lowest BCUT2D eigenvalue weighted by atomic mass is 9.99. The Balaban J connectivity index is 1.44. The van der Waals surface area contributed by atoms with Gasteiger partial charge in [0.25, 0.3) is 0 Å². The van der Waals surface area contributed by atoms with Crippen LogP contribution in [0.3, 0.4) is 0 Å². The van der Waals surface area contributed by atoms with Crippen LogP contribution in [0.2, 0.25) is 5.02 Å². The van der Waals surface area contributed by atoms with Crippen molar-refractivity contribution < 1.29 is 4.39 Å². The summed E-state index contributed by atoms with van der Waals surface area (Å²) in [4.78, 5) is 6.85. The van der Waals surface area contributed by atoms with Crippen LogP contribution in [0.4, 0.5) is 4.39 Å². The predicted octanol–water partition coefficient (Wildman–Crippen LogP) is 5.83. The molecule has 0 aliphatic carbocycles. The minimum atomic E-state index is -0.230. The fraction of sp³-hybridized carbons (Fsp3) is 0.174. The summed E-state index contributed by atoms with van der Waals surface area (Å²) in [5.74, 6) is -0.230. The van der Waals surface area contributed by atoms with Crippen LogP contribution < -0.4 is 0 Å². The predicted molar refractivity (Wildman–Crippen MR) is 109 cm³/mol. The van der Waals surface area contributed by atoms with Gasteiger partial charge < -0.3 is 0 Å². The first-order chi connectivity index (χ1) is 13.2. The lowest BCUT2D eigenvalue weighted by molar-refractivity contribution is 0.294. The van der Waals surface area contributed by atoms with Gasteiger partial charge in [-0.15, -0.1) is 0 Å². The molecule has 4 rings (SSSR count). The largest absolute Gasteiger partial charge is 0.295 e. The molecule has 136 valence electrons. The van der Waals surface area contributed by atoms with E-state index in [1.165, 1.54) is 28.8 Å². The second kappa shape index (κ2) is 8.03. The molecule has 0 unspecified atom stereocenters. The van der Waals surface area contributed by atoms with Gasteiger partial charge in [-0.05, 0) is 71.7 Å². The SMILES string of the molecule is Fc1ccc(-c2cc(CN3CC=C(c4ccc(Cl)cc4)CC3)ccn2)cc1. The summed E-state index contributed by atoms with van der Waals surface area (Å²) in [5.41, 5.74) is 5.66. The van der Waals surface area contributed by atoms with Gasteiger partial charge in [0.2, 0.25) is 0 Å². The van der Waals surface area contributed by atoms with Gasteiger partial charge in [-0.2, -0.15) is 0 Å². The van der Waals surface area contributed by atoms with E-state index in [4.69, 9.17) is 11.6 Å². The second-order valence-corrected chi connectivity index (χ2v) is 7.21. The average molecular weight is 379 g/mol. The number of pyridine rings is 1. The molecule has 2 nitrogen and oxygen atoms in total. The maximum Gasteiger partial charge on any atom is 0.123 e. The minimum absolute atomic E-state index is 0.230. The highest BCUT2D eigenvalue weighted by molar-refractivity contribution is 6.30. The second-order valence-electron chi connectivity index (χ2n) is 6.78. The van der Waals surface area contributed by atoms with Crippen LogP contribution in [0.1, 0.15) is 17.5 Å². The molecule has 0 saturated carbocycles. The highest BCUT2D eigenvalue weighted by atomic mass is 35.5. The van der Waals surface area contributed by atoms with Crippen molar-refractivity contribution in [2.75, 3.05) is 13.1 Å². The molecule has 0 N–H and O–H groups in total. The van der Waals surface area contributed by atoms with E-state index in [2.05, 4.69) is 34.2 Å². The van der Waals surface area contributed by atoms with Crippen molar-refractivity contribution >= 4 is 17.2 Å². The normalized spacial score (nSPS) is 14.8. The van der Waals surface area contributed by atoms with E-state index < -0.39 is 0 Å². The van der Waals surface area contributed by atoms with E-state index in [0.29, 0.717) is 0 Å². The molecule has 0 saturated heterocycles. The quantitative estimate of drug-likeness (QED) is 0.567. The molecule has 0 fully saturated rings. The van der Waals surface area contributed by atoms with Crippen LogP contribution in [0.25, 0.3) is 16.8 Å². The maximum atomic E-state index is 13.1. The number of nitrogens with zero attached hydrogens (tertiary/aromatic N) is 2. The van der Waals surface area contributed by atoms with Crippen molar-refractivity contribution in [3.8, 4) is 11.3 Å². The highest BCUT2D eigenvalue weighted by Gasteiger charge is 2.14. The van der Waals surface area contributed by atoms with Crippen molar-refractivity contribution in [3.05, 3.63) is 94.9 Å². The van der Waals surface area contributed by atoms with E-state index >= 15 is 0 Å². The fourth-order valence-corrected chi connectivity index (χ4v) is 3.52. The molecule has 1 aliphatic heterocycles. The molecule has 1 aliphatic rings. The third-order valence-electron chi connectivity index (χ3n) is 4.88. The Bertz CT molecular complexity index is 949. The molecule has 0 spiro atoms. The summed E-state index contributed by atoms with van der Waals surface area (Å²) >= 11 is 5.98. The zero-order valence-corrected chi connectivity index (χ0v) is 15.7. The van der Waals surface area contributed by atoms with E-state index in [1.807, 2.05) is 24.4 Å². The number of halogens is 2. The van der Waals surface area contributed by atoms with Gasteiger partial charge in [-0.25, -0.2) is 4.39 Å². The summed E-state index contributed by atoms with van der Waals surface area (Å²) in [7, 11) is 0. The molecule has 2 aromatic carbocycles. The smallest absolute Gasteiger partial charge is 0.123 e. The fourth-order valence-electron chi connectivity index (χ4n) is 3.39. The van der Waals surface area contributed by atoms with Crippen molar-refractivity contribution in [2.45, 2.75) is 13.0 Å². The first-order valence-electron chi connectivity index (χ1n) is 9.05. The Morgan fingerprint density at radius 3 is 2.41 bits per heavy atom. The third-order valence-corrected chi connectivity index (χ3v) is 5.13. The van der Waals surface area contributed by atoms with Gasteiger partial charge in [0, 0.05) is 36.4 Å². The monoisotopic (exact) mass is 378 g/mol. The number of benzene rings is 2. The lowest BCUT2D eigenvalue weighted by Gasteiger charge is -2.26. The van der Waals surface area contributed by atoms with E-state index in [9.17, 15) is 4.39 Å². The van der Waals surface area contributed by atoms with E-state index in [1.54, 1.807) is 12.1 Å². The van der Waals surface area contributed by atoms with Crippen molar-refractivity contribution in [2.24, 2.45) is 0 Å². The molecular formula is C23H20ClFN2. The zero-order chi connectivity index (χ0) is 18.6. The first kappa shape index (κ1) is 17.9. The zero-order valence-electron chi connectivity index (χ0n) is 14.9. The Hall–Kier alpha value is -2.49. The average Bonchev–Trinajstić information content (AvgIpc) is 2.70. The Morgan fingerprint density at radius 1 is 0.963 bits per heavy atom. The minimum Gasteiger partial charge on any atom is -0.295 e. The summed E-state index contributed by atoms with van der Waals surface area (Å²) in [6, 6.07) is 18.7. The topological polar surface area (TPSA) is 16.1 Å². The number of hydrogen-bond acceptors (Lipinski definition) is 2. The molecule has 4 heteroatoms. The summed E-state index contributed by atoms with van der Waals surface area (Å²) in [6.45, 7) is 2.82. The number of hydrogen-bond donors (Lipinski definition) is 0. The van der Waals surface area contributed by atoms with Gasteiger partial charge in [0.05, 0.1) is 5.69 Å². The molecule has 3 aromatic rings. The molecule has 0 amide bonds. The Kier molecular flexibility index (Phi) is 5.33. The summed E-state index contributed by atoms with van der Waals surface area (Å²) in [6.07, 6.45) is 5.15. The van der Waals surface area contributed by atoms with Gasteiger partial charge in [-0.3, -0.25) is 9.88 Å². The van der Waals surface area contributed by atoms with Crippen molar-refractivity contribution in [3.63, 3.8) is 0 Å². The van der Waals surface area contributed by atoms with Gasteiger partial charge in [0.1, 0.15) is 5.82 Å². The lowest BCUT2D eigenvalue weighted by Crippen LogP contribution is -2.28. The molecule has 0 bridgehead atoms. The summed E-state index contributed by atoms with van der Waals surface area (Å²) < 4.78 is 13.1. The molecule has 27 heavy (non-hydrogen) atoms. The van der Waals surface area contributed by atoms with Crippen LogP contribution in [0.15, 0.2) is 72.9 Å². The molecule has 2 heterocycles. The van der Waals surface area contributed by atoms with Crippen molar-refractivity contribution in [1.82, 2.24) is 9.88 Å². The molecule has 0 atom stereocenters. The Morgan fingerprint density at radius 2 is 1.70 bits per heavy atom. The summed E-state index contributed by atoms with van der Waals surface area (Å²) in [5, 5.41) is 0.770. The molecular weight excluding hydrogens is 359 g/mol. The van der Waals surface area contributed by atoms with Crippen LogP contribution in [-0.4, -0.2) is 23.0 Å². The van der Waals surface area contributed by atoms with Crippen LogP contribution in [0.5, 0.6) is 0 Å². The van der Waals surface area contributed by atoms with Gasteiger partial charge >= 0.3 is 0 Å². The van der Waals surface area contributed by atoms with Crippen molar-refractivity contribution in [1.29, 1.82) is 0 Å². The molecule has 0 radical (unpaired) electrons. The standard InChI is InChI=1S/C23H20ClFN2/c24-21-5-1-18(2-6-21)19-10-13-27(14-11-19)16-17-9-12-26-23(15-17)20-3-7-22(25)8-4-20/h1-10,12,15H,11,13-14,16H2. The van der Waals surface area contributed by atoms with Crippen LogP contribution >= 0.6 is 11.6 Å². The van der Waals surface area contributed by atoms with Crippen LogP contribution in [0, 0.1) is 5.82 Å². The van der Waals surface area contributed by atoms with Gasteiger partial charge in [0.15, 0.2) is 0 Å². The maximum absolute atomic E-state index is 13.1.